The molecule has 0 amide bonds. The van der Waals surface area contributed by atoms with Crippen LogP contribution in [-0.4, -0.2) is 31.1 Å². The van der Waals surface area contributed by atoms with Gasteiger partial charge in [-0.15, -0.1) is 24.0 Å². The van der Waals surface area contributed by atoms with Crippen LogP contribution in [0.2, 0.25) is 0 Å². The third kappa shape index (κ3) is 8.51. The van der Waals surface area contributed by atoms with Crippen molar-refractivity contribution in [1.82, 2.24) is 15.6 Å². The molecule has 2 aromatic rings. The lowest BCUT2D eigenvalue weighted by atomic mass is 10.2. The summed E-state index contributed by atoms with van der Waals surface area (Å²) in [5.74, 6) is 1.71. The SMILES string of the molecule is CCCCOc1cccc(CNC(=NC)NCCc2ccccn2)c1.I. The predicted octanol–water partition coefficient (Wildman–Crippen LogP) is 3.79. The highest BCUT2D eigenvalue weighted by molar-refractivity contribution is 14.0. The van der Waals surface area contributed by atoms with Gasteiger partial charge in [-0.2, -0.15) is 0 Å². The molecule has 0 atom stereocenters. The molecule has 2 rings (SSSR count). The number of unbranched alkanes of at least 4 members (excludes halogenated alkanes) is 1. The minimum Gasteiger partial charge on any atom is -0.494 e. The maximum atomic E-state index is 5.75. The molecule has 0 aliphatic carbocycles. The highest BCUT2D eigenvalue weighted by atomic mass is 127. The van der Waals surface area contributed by atoms with Crippen LogP contribution >= 0.6 is 24.0 Å². The molecule has 0 bridgehead atoms. The average molecular weight is 468 g/mol. The number of pyridine rings is 1. The van der Waals surface area contributed by atoms with Crippen molar-refractivity contribution in [3.63, 3.8) is 0 Å². The average Bonchev–Trinajstić information content (AvgIpc) is 2.66. The minimum atomic E-state index is 0. The van der Waals surface area contributed by atoms with Crippen molar-refractivity contribution in [3.8, 4) is 5.75 Å². The second kappa shape index (κ2) is 13.4. The van der Waals surface area contributed by atoms with E-state index in [2.05, 4.69) is 39.7 Å². The highest BCUT2D eigenvalue weighted by Crippen LogP contribution is 2.13. The zero-order chi connectivity index (χ0) is 17.7. The third-order valence-corrected chi connectivity index (χ3v) is 3.75. The van der Waals surface area contributed by atoms with Gasteiger partial charge in [0.2, 0.25) is 0 Å². The number of ether oxygens (including phenoxy) is 1. The number of benzene rings is 1. The lowest BCUT2D eigenvalue weighted by Crippen LogP contribution is -2.37. The third-order valence-electron chi connectivity index (χ3n) is 3.75. The zero-order valence-corrected chi connectivity index (χ0v) is 17.9. The topological polar surface area (TPSA) is 58.5 Å². The lowest BCUT2D eigenvalue weighted by Gasteiger charge is -2.12. The second-order valence-electron chi connectivity index (χ2n) is 5.77. The van der Waals surface area contributed by atoms with E-state index in [0.717, 1.165) is 49.8 Å². The van der Waals surface area contributed by atoms with Gasteiger partial charge in [0.1, 0.15) is 5.75 Å². The Labute approximate surface area is 173 Å². The monoisotopic (exact) mass is 468 g/mol. The van der Waals surface area contributed by atoms with E-state index >= 15 is 0 Å². The molecule has 0 radical (unpaired) electrons. The van der Waals surface area contributed by atoms with Crippen molar-refractivity contribution in [2.75, 3.05) is 20.2 Å². The zero-order valence-electron chi connectivity index (χ0n) is 15.6. The Kier molecular flexibility index (Phi) is 11.4. The molecular weight excluding hydrogens is 439 g/mol. The van der Waals surface area contributed by atoms with Crippen LogP contribution < -0.4 is 15.4 Å². The van der Waals surface area contributed by atoms with Crippen molar-refractivity contribution in [2.45, 2.75) is 32.7 Å². The van der Waals surface area contributed by atoms with Crippen LogP contribution in [-0.2, 0) is 13.0 Å². The minimum absolute atomic E-state index is 0. The fourth-order valence-corrected chi connectivity index (χ4v) is 2.34. The van der Waals surface area contributed by atoms with E-state index in [-0.39, 0.29) is 24.0 Å². The van der Waals surface area contributed by atoms with E-state index in [0.29, 0.717) is 6.54 Å². The summed E-state index contributed by atoms with van der Waals surface area (Å²) in [6.45, 7) is 4.42. The maximum Gasteiger partial charge on any atom is 0.191 e. The van der Waals surface area contributed by atoms with Gasteiger partial charge >= 0.3 is 0 Å². The second-order valence-corrected chi connectivity index (χ2v) is 5.77. The highest BCUT2D eigenvalue weighted by Gasteiger charge is 2.01. The fraction of sp³-hybridized carbons (Fsp3) is 0.400. The van der Waals surface area contributed by atoms with Crippen LogP contribution in [0.4, 0.5) is 0 Å². The summed E-state index contributed by atoms with van der Waals surface area (Å²) in [5, 5.41) is 6.64. The molecule has 0 aliphatic rings. The molecule has 0 saturated carbocycles. The number of hydrogen-bond donors (Lipinski definition) is 2. The van der Waals surface area contributed by atoms with Crippen LogP contribution in [0.3, 0.4) is 0 Å². The number of halogens is 1. The van der Waals surface area contributed by atoms with Gasteiger partial charge in [-0.1, -0.05) is 31.5 Å². The maximum absolute atomic E-state index is 5.75. The molecule has 0 spiro atoms. The molecule has 2 N–H and O–H groups in total. The number of guanidine groups is 1. The molecule has 0 fully saturated rings. The molecular formula is C20H29IN4O. The summed E-state index contributed by atoms with van der Waals surface area (Å²) in [6, 6.07) is 14.1. The first-order chi connectivity index (χ1) is 12.3. The number of nitrogens with zero attached hydrogens (tertiary/aromatic N) is 2. The molecule has 0 aliphatic heterocycles. The van der Waals surface area contributed by atoms with Gasteiger partial charge < -0.3 is 15.4 Å². The molecule has 0 saturated heterocycles. The van der Waals surface area contributed by atoms with Crippen LogP contribution in [0.15, 0.2) is 53.7 Å². The smallest absolute Gasteiger partial charge is 0.191 e. The summed E-state index contributed by atoms with van der Waals surface area (Å²) in [4.78, 5) is 8.58. The van der Waals surface area contributed by atoms with Crippen molar-refractivity contribution in [1.29, 1.82) is 0 Å². The first-order valence-corrected chi connectivity index (χ1v) is 8.88. The molecule has 1 aromatic heterocycles. The van der Waals surface area contributed by atoms with Gasteiger partial charge in [0.15, 0.2) is 5.96 Å². The lowest BCUT2D eigenvalue weighted by molar-refractivity contribution is 0.309. The number of rotatable bonds is 9. The van der Waals surface area contributed by atoms with E-state index in [4.69, 9.17) is 4.74 Å². The predicted molar refractivity (Wildman–Crippen MR) is 118 cm³/mol. The van der Waals surface area contributed by atoms with Gasteiger partial charge in [-0.25, -0.2) is 0 Å². The first-order valence-electron chi connectivity index (χ1n) is 8.88. The van der Waals surface area contributed by atoms with Crippen LogP contribution in [0, 0.1) is 0 Å². The largest absolute Gasteiger partial charge is 0.494 e. The fourth-order valence-electron chi connectivity index (χ4n) is 2.34. The van der Waals surface area contributed by atoms with Gasteiger partial charge in [-0.05, 0) is 36.2 Å². The number of aliphatic imine (C=N–C) groups is 1. The van der Waals surface area contributed by atoms with Crippen LogP contribution in [0.25, 0.3) is 0 Å². The van der Waals surface area contributed by atoms with E-state index in [1.165, 1.54) is 5.56 Å². The van der Waals surface area contributed by atoms with Crippen molar-refractivity contribution in [3.05, 3.63) is 59.9 Å². The van der Waals surface area contributed by atoms with Crippen molar-refractivity contribution in [2.24, 2.45) is 4.99 Å². The van der Waals surface area contributed by atoms with Crippen molar-refractivity contribution >= 4 is 29.9 Å². The molecule has 142 valence electrons. The quantitative estimate of drug-likeness (QED) is 0.255. The van der Waals surface area contributed by atoms with Gasteiger partial charge in [0.25, 0.3) is 0 Å². The Morgan fingerprint density at radius 2 is 2.04 bits per heavy atom. The summed E-state index contributed by atoms with van der Waals surface area (Å²) < 4.78 is 5.75. The Morgan fingerprint density at radius 3 is 2.77 bits per heavy atom. The molecule has 1 aromatic carbocycles. The molecule has 0 unspecified atom stereocenters. The molecule has 5 nitrogen and oxygen atoms in total. The molecule has 6 heteroatoms. The van der Waals surface area contributed by atoms with Gasteiger partial charge in [0, 0.05) is 38.4 Å². The van der Waals surface area contributed by atoms with E-state index in [9.17, 15) is 0 Å². The Bertz CT molecular complexity index is 649. The molecule has 1 heterocycles. The number of hydrogen-bond acceptors (Lipinski definition) is 3. The Hall–Kier alpha value is -1.83. The normalized spacial score (nSPS) is 10.8. The Balaban J connectivity index is 0.00000338. The van der Waals surface area contributed by atoms with E-state index < -0.39 is 0 Å². The summed E-state index contributed by atoms with van der Waals surface area (Å²) in [7, 11) is 1.78. The van der Waals surface area contributed by atoms with Gasteiger partial charge in [0.05, 0.1) is 6.61 Å². The van der Waals surface area contributed by atoms with E-state index in [1.54, 1.807) is 7.05 Å². The van der Waals surface area contributed by atoms with Crippen LogP contribution in [0.5, 0.6) is 5.75 Å². The van der Waals surface area contributed by atoms with E-state index in [1.807, 2.05) is 36.5 Å². The summed E-state index contributed by atoms with van der Waals surface area (Å²) >= 11 is 0. The number of aromatic nitrogens is 1. The number of nitrogens with one attached hydrogen (secondary N) is 2. The standard InChI is InChI=1S/C20H28N4O.HI/c1-3-4-14-25-19-10-7-8-17(15-19)16-24-20(21-2)23-13-11-18-9-5-6-12-22-18;/h5-10,12,15H,3-4,11,13-14,16H2,1-2H3,(H2,21,23,24);1H. The van der Waals surface area contributed by atoms with Gasteiger partial charge in [-0.3, -0.25) is 9.98 Å². The van der Waals surface area contributed by atoms with Crippen LogP contribution in [0.1, 0.15) is 31.0 Å². The first kappa shape index (κ1) is 22.2. The molecule has 26 heavy (non-hydrogen) atoms. The summed E-state index contributed by atoms with van der Waals surface area (Å²) in [6.07, 6.45) is 4.90. The summed E-state index contributed by atoms with van der Waals surface area (Å²) in [5.41, 5.74) is 2.24. The van der Waals surface area contributed by atoms with Crippen molar-refractivity contribution < 1.29 is 4.74 Å². The Morgan fingerprint density at radius 1 is 1.15 bits per heavy atom.